The smallest absolute Gasteiger partial charge is 0.224 e. The molecule has 18 heavy (non-hydrogen) atoms. The molecule has 7 heteroatoms. The summed E-state index contributed by atoms with van der Waals surface area (Å²) in [6.45, 7) is 4.18. The maximum absolute atomic E-state index is 9.56. The summed E-state index contributed by atoms with van der Waals surface area (Å²) in [7, 11) is 0. The van der Waals surface area contributed by atoms with Crippen LogP contribution in [0, 0.1) is 0 Å². The zero-order valence-corrected chi connectivity index (χ0v) is 13.3. The van der Waals surface area contributed by atoms with E-state index >= 15 is 0 Å². The number of benzene rings is 1. The molecule has 0 radical (unpaired) electrons. The van der Waals surface area contributed by atoms with E-state index in [0.29, 0.717) is 20.6 Å². The van der Waals surface area contributed by atoms with Gasteiger partial charge in [-0.25, -0.2) is 0 Å². The summed E-state index contributed by atoms with van der Waals surface area (Å²) in [6.07, 6.45) is 3.43. The van der Waals surface area contributed by atoms with E-state index in [1.165, 1.54) is 0 Å². The van der Waals surface area contributed by atoms with Crippen molar-refractivity contribution >= 4 is 55.4 Å². The normalized spacial score (nSPS) is 10.3. The number of hydrogen-bond acceptors (Lipinski definition) is 2. The lowest BCUT2D eigenvalue weighted by Crippen LogP contribution is -2.82. The Labute approximate surface area is 127 Å². The first kappa shape index (κ1) is 15.1. The second-order valence-electron chi connectivity index (χ2n) is 3.25. The number of hydrazine groups is 1. The van der Waals surface area contributed by atoms with Crippen LogP contribution in [0.15, 0.2) is 33.7 Å². The van der Waals surface area contributed by atoms with Crippen molar-refractivity contribution in [1.29, 1.82) is 0 Å². The summed E-state index contributed by atoms with van der Waals surface area (Å²) in [5, 5.41) is 15.8. The highest BCUT2D eigenvalue weighted by Gasteiger charge is 2.05. The summed E-state index contributed by atoms with van der Waals surface area (Å²) in [5.41, 5.74) is 3.66. The fraction of sp³-hybridized carbons (Fsp3) is 0.0909. The average Bonchev–Trinajstić information content (AvgIpc) is 2.33. The molecule has 0 fully saturated rings. The topological polar surface area (TPSA) is 58.3 Å². The van der Waals surface area contributed by atoms with E-state index in [0.717, 1.165) is 5.56 Å². The molecule has 96 valence electrons. The maximum atomic E-state index is 9.56. The summed E-state index contributed by atoms with van der Waals surface area (Å²) < 4.78 is 1.22. The maximum Gasteiger partial charge on any atom is 0.224 e. The molecule has 0 spiro atoms. The average molecular weight is 394 g/mol. The quantitative estimate of drug-likeness (QED) is 0.266. The molecule has 0 aliphatic rings. The third kappa shape index (κ3) is 4.75. The van der Waals surface area contributed by atoms with Crippen LogP contribution >= 0.6 is 44.1 Å². The van der Waals surface area contributed by atoms with E-state index in [1.807, 2.05) is 0 Å². The molecule has 0 saturated heterocycles. The molecule has 0 aliphatic heterocycles. The van der Waals surface area contributed by atoms with Gasteiger partial charge in [-0.15, -0.1) is 17.1 Å². The van der Waals surface area contributed by atoms with E-state index in [4.69, 9.17) is 12.2 Å². The minimum atomic E-state index is 0.170. The minimum absolute atomic E-state index is 0.170. The van der Waals surface area contributed by atoms with Crippen molar-refractivity contribution in [1.82, 2.24) is 10.7 Å². The molecule has 0 aliphatic carbocycles. The molecule has 0 amide bonds. The fourth-order valence-corrected chi connectivity index (χ4v) is 2.43. The van der Waals surface area contributed by atoms with Gasteiger partial charge in [-0.2, -0.15) is 0 Å². The van der Waals surface area contributed by atoms with Crippen LogP contribution in [0.4, 0.5) is 0 Å². The summed E-state index contributed by atoms with van der Waals surface area (Å²) in [4.78, 5) is 0. The predicted molar refractivity (Wildman–Crippen MR) is 83.6 cm³/mol. The standard InChI is InChI=1S/C11H11Br2N3OS/c1-2-3-14-11(18)16-15-6-7-4-8(12)10(17)9(13)5-7/h2,4-6,17H,1,3H2,(H2,14,16,18)/p+1/b15-6+. The van der Waals surface area contributed by atoms with Gasteiger partial charge in [0.05, 0.1) is 8.95 Å². The highest BCUT2D eigenvalue weighted by Crippen LogP contribution is 2.32. The molecule has 0 saturated carbocycles. The Kier molecular flexibility index (Phi) is 6.31. The van der Waals surface area contributed by atoms with Gasteiger partial charge in [0.1, 0.15) is 5.75 Å². The van der Waals surface area contributed by atoms with Crippen LogP contribution in [0.5, 0.6) is 5.75 Å². The first-order chi connectivity index (χ1) is 8.54. The Morgan fingerprint density at radius 1 is 1.44 bits per heavy atom. The minimum Gasteiger partial charge on any atom is -0.506 e. The molecule has 0 aromatic heterocycles. The first-order valence-electron chi connectivity index (χ1n) is 4.96. The SMILES string of the molecule is C=CCNC(=S)N/[NH+]=C/c1cc(Br)c(O)c(Br)c1. The first-order valence-corrected chi connectivity index (χ1v) is 6.95. The second-order valence-corrected chi connectivity index (χ2v) is 5.36. The number of halogens is 2. The Morgan fingerprint density at radius 2 is 2.06 bits per heavy atom. The van der Waals surface area contributed by atoms with Crippen molar-refractivity contribution in [3.63, 3.8) is 0 Å². The molecule has 4 N–H and O–H groups in total. The fourth-order valence-electron chi connectivity index (χ4n) is 1.06. The van der Waals surface area contributed by atoms with Crippen LogP contribution in [0.25, 0.3) is 0 Å². The molecule has 0 heterocycles. The van der Waals surface area contributed by atoms with E-state index in [2.05, 4.69) is 54.3 Å². The molecule has 1 aromatic carbocycles. The second kappa shape index (κ2) is 7.50. The van der Waals surface area contributed by atoms with E-state index in [9.17, 15) is 5.11 Å². The number of rotatable bonds is 4. The van der Waals surface area contributed by atoms with Crippen molar-refractivity contribution in [2.75, 3.05) is 6.54 Å². The molecule has 0 atom stereocenters. The summed E-state index contributed by atoms with van der Waals surface area (Å²) in [6, 6.07) is 3.55. The highest BCUT2D eigenvalue weighted by atomic mass is 79.9. The number of hydrogen-bond donors (Lipinski definition) is 4. The van der Waals surface area contributed by atoms with E-state index in [-0.39, 0.29) is 5.75 Å². The summed E-state index contributed by atoms with van der Waals surface area (Å²) in [5.74, 6) is 0.170. The number of hydrazone groups is 1. The lowest BCUT2D eigenvalue weighted by molar-refractivity contribution is -0.500. The molecular formula is C11H12Br2N3OS+. The van der Waals surface area contributed by atoms with Crippen molar-refractivity contribution in [2.45, 2.75) is 0 Å². The van der Waals surface area contributed by atoms with Crippen LogP contribution in [0.2, 0.25) is 0 Å². The molecular weight excluding hydrogens is 382 g/mol. The Balaban J connectivity index is 2.62. The van der Waals surface area contributed by atoms with Gasteiger partial charge < -0.3 is 10.4 Å². The lowest BCUT2D eigenvalue weighted by Gasteiger charge is -2.01. The van der Waals surface area contributed by atoms with Crippen LogP contribution in [-0.2, 0) is 0 Å². The summed E-state index contributed by atoms with van der Waals surface area (Å²) >= 11 is 11.5. The van der Waals surface area contributed by atoms with Gasteiger partial charge in [0.15, 0.2) is 6.21 Å². The van der Waals surface area contributed by atoms with Crippen molar-refractivity contribution in [2.24, 2.45) is 0 Å². The zero-order valence-electron chi connectivity index (χ0n) is 9.34. The van der Waals surface area contributed by atoms with Gasteiger partial charge in [0.2, 0.25) is 5.11 Å². The van der Waals surface area contributed by atoms with Crippen LogP contribution < -0.4 is 15.8 Å². The van der Waals surface area contributed by atoms with Gasteiger partial charge in [-0.1, -0.05) is 6.08 Å². The third-order valence-corrected chi connectivity index (χ3v) is 3.33. The lowest BCUT2D eigenvalue weighted by atomic mass is 10.2. The Bertz CT molecular complexity index is 468. The van der Waals surface area contributed by atoms with Gasteiger partial charge in [-0.3, -0.25) is 0 Å². The number of thiocarbonyl (C=S) groups is 1. The van der Waals surface area contributed by atoms with Gasteiger partial charge in [0.25, 0.3) is 0 Å². The number of phenols is 1. The van der Waals surface area contributed by atoms with Crippen LogP contribution in [-0.4, -0.2) is 23.0 Å². The molecule has 0 unspecified atom stereocenters. The molecule has 1 aromatic rings. The van der Waals surface area contributed by atoms with E-state index < -0.39 is 0 Å². The van der Waals surface area contributed by atoms with Crippen molar-refractivity contribution < 1.29 is 10.2 Å². The van der Waals surface area contributed by atoms with Gasteiger partial charge in [-0.05, 0) is 56.2 Å². The third-order valence-electron chi connectivity index (χ3n) is 1.87. The van der Waals surface area contributed by atoms with E-state index in [1.54, 1.807) is 24.4 Å². The number of aromatic hydroxyl groups is 1. The van der Waals surface area contributed by atoms with Crippen molar-refractivity contribution in [3.8, 4) is 5.75 Å². The zero-order chi connectivity index (χ0) is 13.5. The Hall–Kier alpha value is -0.920. The monoisotopic (exact) mass is 392 g/mol. The largest absolute Gasteiger partial charge is 0.506 e. The molecule has 0 bridgehead atoms. The number of phenolic OH excluding ortho intramolecular Hbond substituents is 1. The van der Waals surface area contributed by atoms with Gasteiger partial charge in [0, 0.05) is 12.1 Å². The highest BCUT2D eigenvalue weighted by molar-refractivity contribution is 9.11. The van der Waals surface area contributed by atoms with Gasteiger partial charge >= 0.3 is 0 Å². The number of nitrogens with one attached hydrogen (secondary N) is 3. The van der Waals surface area contributed by atoms with Crippen molar-refractivity contribution in [3.05, 3.63) is 39.3 Å². The van der Waals surface area contributed by atoms with Crippen LogP contribution in [0.1, 0.15) is 5.56 Å². The van der Waals surface area contributed by atoms with Crippen LogP contribution in [0.3, 0.4) is 0 Å². The Morgan fingerprint density at radius 3 is 2.61 bits per heavy atom. The molecule has 1 rings (SSSR count). The molecule has 4 nitrogen and oxygen atoms in total. The predicted octanol–water partition coefficient (Wildman–Crippen LogP) is 0.982.